The van der Waals surface area contributed by atoms with E-state index in [1.807, 2.05) is 6.33 Å². The van der Waals surface area contributed by atoms with Crippen molar-refractivity contribution < 1.29 is 0 Å². The number of nitrogens with two attached hydrogens (primary N) is 1. The fraction of sp³-hybridized carbons (Fsp3) is 0.762. The van der Waals surface area contributed by atoms with Crippen molar-refractivity contribution in [1.29, 1.82) is 0 Å². The number of unbranched alkanes of at least 4 members (excludes halogenated alkanes) is 2. The molecule has 170 valence electrons. The van der Waals surface area contributed by atoms with Gasteiger partial charge in [-0.05, 0) is 44.9 Å². The molecule has 0 aliphatic heterocycles. The third kappa shape index (κ3) is 5.89. The van der Waals surface area contributed by atoms with Gasteiger partial charge in [0.05, 0.1) is 6.33 Å². The number of nitrogens with one attached hydrogen (secondary N) is 2. The van der Waals surface area contributed by atoms with Crippen LogP contribution in [-0.4, -0.2) is 38.1 Å². The van der Waals surface area contributed by atoms with E-state index in [2.05, 4.69) is 22.1 Å². The van der Waals surface area contributed by atoms with Crippen LogP contribution in [0.15, 0.2) is 6.33 Å². The van der Waals surface area contributed by atoms with E-state index in [1.165, 1.54) is 38.5 Å². The van der Waals surface area contributed by atoms with E-state index in [0.29, 0.717) is 18.1 Å². The Morgan fingerprint density at radius 2 is 1.77 bits per heavy atom. The fourth-order valence-corrected chi connectivity index (χ4v) is 4.58. The summed E-state index contributed by atoms with van der Waals surface area (Å²) in [5.41, 5.74) is 7.93. The smallest absolute Gasteiger partial charge is 0.227 e. The summed E-state index contributed by atoms with van der Waals surface area (Å²) >= 11 is 0. The molecular weight excluding hydrogens is 421 g/mol. The highest BCUT2D eigenvalue weighted by Gasteiger charge is 2.23. The number of rotatable bonds is 8. The Labute approximate surface area is 192 Å². The van der Waals surface area contributed by atoms with Gasteiger partial charge in [-0.2, -0.15) is 9.97 Å². The third-order valence-corrected chi connectivity index (χ3v) is 6.32. The fourth-order valence-electron chi connectivity index (χ4n) is 4.58. The van der Waals surface area contributed by atoms with Gasteiger partial charge in [0.15, 0.2) is 17.0 Å². The second-order valence-electron chi connectivity index (χ2n) is 8.55. The maximum atomic E-state index is 6.06. The molecule has 2 aromatic rings. The maximum Gasteiger partial charge on any atom is 0.227 e. The number of fused-ring (bicyclic) bond motifs is 1. The first-order valence-electron chi connectivity index (χ1n) is 11.2. The van der Waals surface area contributed by atoms with Crippen molar-refractivity contribution in [1.82, 2.24) is 19.5 Å². The number of aromatic nitrogens is 4. The predicted octanol–water partition coefficient (Wildman–Crippen LogP) is 5.07. The third-order valence-electron chi connectivity index (χ3n) is 6.32. The summed E-state index contributed by atoms with van der Waals surface area (Å²) in [6, 6.07) is 1.28. The zero-order valence-electron chi connectivity index (χ0n) is 18.0. The Balaban J connectivity index is 0.00000160. The van der Waals surface area contributed by atoms with Gasteiger partial charge in [0.25, 0.3) is 0 Å². The van der Waals surface area contributed by atoms with Crippen molar-refractivity contribution in [3.63, 3.8) is 0 Å². The first-order chi connectivity index (χ1) is 13.7. The van der Waals surface area contributed by atoms with Crippen LogP contribution in [0.25, 0.3) is 11.2 Å². The average molecular weight is 458 g/mol. The average Bonchev–Trinajstić information content (AvgIpc) is 3.36. The van der Waals surface area contributed by atoms with Crippen LogP contribution < -0.4 is 16.4 Å². The van der Waals surface area contributed by atoms with Crippen LogP contribution >= 0.6 is 24.8 Å². The molecule has 2 saturated carbocycles. The van der Waals surface area contributed by atoms with E-state index in [9.17, 15) is 0 Å². The topological polar surface area (TPSA) is 93.7 Å². The minimum Gasteiger partial charge on any atom is -0.368 e. The number of imidazole rings is 1. The lowest BCUT2D eigenvalue weighted by Crippen LogP contribution is -2.33. The molecule has 0 bridgehead atoms. The molecule has 0 saturated heterocycles. The van der Waals surface area contributed by atoms with E-state index in [-0.39, 0.29) is 24.8 Å². The summed E-state index contributed by atoms with van der Waals surface area (Å²) in [6.45, 7) is 3.15. The lowest BCUT2D eigenvalue weighted by molar-refractivity contribution is 0.410. The molecule has 0 aromatic carbocycles. The summed E-state index contributed by atoms with van der Waals surface area (Å²) in [6.07, 6.45) is 14.9. The van der Waals surface area contributed by atoms with Crippen LogP contribution in [0.4, 0.5) is 11.8 Å². The number of hydrogen-bond donors (Lipinski definition) is 3. The molecule has 4 N–H and O–H groups in total. The predicted molar refractivity (Wildman–Crippen MR) is 129 cm³/mol. The number of anilines is 2. The van der Waals surface area contributed by atoms with Crippen molar-refractivity contribution in [2.24, 2.45) is 5.73 Å². The summed E-state index contributed by atoms with van der Waals surface area (Å²) in [5.74, 6) is 1.60. The monoisotopic (exact) mass is 457 g/mol. The summed E-state index contributed by atoms with van der Waals surface area (Å²) in [7, 11) is 0. The molecule has 0 spiro atoms. The quantitative estimate of drug-likeness (QED) is 0.479. The van der Waals surface area contributed by atoms with E-state index in [0.717, 1.165) is 61.6 Å². The molecule has 0 amide bonds. The molecule has 2 aliphatic carbocycles. The van der Waals surface area contributed by atoms with Gasteiger partial charge in [0, 0.05) is 24.7 Å². The van der Waals surface area contributed by atoms with Gasteiger partial charge in [-0.15, -0.1) is 24.8 Å². The molecule has 0 unspecified atom stereocenters. The van der Waals surface area contributed by atoms with Gasteiger partial charge in [-0.25, -0.2) is 4.98 Å². The Morgan fingerprint density at radius 3 is 2.47 bits per heavy atom. The highest BCUT2D eigenvalue weighted by Crippen LogP contribution is 2.33. The molecular formula is C21H37Cl2N7. The van der Waals surface area contributed by atoms with E-state index < -0.39 is 0 Å². The van der Waals surface area contributed by atoms with Crippen molar-refractivity contribution >= 4 is 47.7 Å². The molecule has 2 aromatic heterocycles. The van der Waals surface area contributed by atoms with Crippen molar-refractivity contribution in [3.05, 3.63) is 6.33 Å². The molecule has 9 heteroatoms. The normalized spacial score (nSPS) is 21.8. The van der Waals surface area contributed by atoms with Crippen LogP contribution in [0, 0.1) is 0 Å². The summed E-state index contributed by atoms with van der Waals surface area (Å²) < 4.78 is 2.28. The Kier molecular flexibility index (Phi) is 9.91. The van der Waals surface area contributed by atoms with Gasteiger partial charge < -0.3 is 20.9 Å². The number of nitrogens with zero attached hydrogens (tertiary/aromatic N) is 4. The Hall–Kier alpha value is -1.31. The second kappa shape index (κ2) is 11.9. The maximum absolute atomic E-state index is 6.06. The molecule has 4 rings (SSSR count). The van der Waals surface area contributed by atoms with Crippen molar-refractivity contribution in [3.8, 4) is 0 Å². The van der Waals surface area contributed by atoms with Crippen LogP contribution in [-0.2, 0) is 0 Å². The molecule has 0 radical (unpaired) electrons. The standard InChI is InChI=1S/C21H35N7.2ClH/c1-2-3-6-13-23-19-18-20(28(14-24-18)17-7-4-5-8-17)27-21(26-19)25-16-11-9-15(22)10-12-16;;/h14-17H,2-13,22H2,1H3,(H2,23,25,26,27);2*1H/t15-,16-;;. The van der Waals surface area contributed by atoms with Gasteiger partial charge in [-0.3, -0.25) is 0 Å². The highest BCUT2D eigenvalue weighted by atomic mass is 35.5. The summed E-state index contributed by atoms with van der Waals surface area (Å²) in [5, 5.41) is 7.11. The van der Waals surface area contributed by atoms with Gasteiger partial charge in [0.2, 0.25) is 5.95 Å². The van der Waals surface area contributed by atoms with Crippen LogP contribution in [0.3, 0.4) is 0 Å². The van der Waals surface area contributed by atoms with Crippen molar-refractivity contribution in [2.75, 3.05) is 17.2 Å². The van der Waals surface area contributed by atoms with Crippen LogP contribution in [0.1, 0.15) is 83.6 Å². The molecule has 30 heavy (non-hydrogen) atoms. The number of halogens is 2. The Morgan fingerprint density at radius 1 is 1.03 bits per heavy atom. The van der Waals surface area contributed by atoms with Gasteiger partial charge in [0.1, 0.15) is 0 Å². The summed E-state index contributed by atoms with van der Waals surface area (Å²) in [4.78, 5) is 14.4. The first-order valence-corrected chi connectivity index (χ1v) is 11.2. The lowest BCUT2D eigenvalue weighted by Gasteiger charge is -2.27. The molecule has 7 nitrogen and oxygen atoms in total. The minimum atomic E-state index is 0. The van der Waals surface area contributed by atoms with E-state index >= 15 is 0 Å². The lowest BCUT2D eigenvalue weighted by atomic mass is 9.92. The molecule has 0 atom stereocenters. The highest BCUT2D eigenvalue weighted by molar-refractivity contribution is 5.86. The van der Waals surface area contributed by atoms with Gasteiger partial charge in [-0.1, -0.05) is 32.6 Å². The Bertz CT molecular complexity index is 768. The van der Waals surface area contributed by atoms with Crippen LogP contribution in [0.2, 0.25) is 0 Å². The van der Waals surface area contributed by atoms with Gasteiger partial charge >= 0.3 is 0 Å². The largest absolute Gasteiger partial charge is 0.368 e. The SMILES string of the molecule is CCCCCNc1nc(N[C@H]2CC[C@H](N)CC2)nc2c1ncn2C1CCCC1.Cl.Cl. The number of hydrogen-bond acceptors (Lipinski definition) is 6. The zero-order chi connectivity index (χ0) is 19.3. The minimum absolute atomic E-state index is 0. The van der Waals surface area contributed by atoms with E-state index in [1.54, 1.807) is 0 Å². The molecule has 2 fully saturated rings. The molecule has 2 heterocycles. The van der Waals surface area contributed by atoms with Crippen LogP contribution in [0.5, 0.6) is 0 Å². The first kappa shape index (κ1) is 25.0. The van der Waals surface area contributed by atoms with Crippen molar-refractivity contribution in [2.45, 2.75) is 95.7 Å². The zero-order valence-corrected chi connectivity index (χ0v) is 19.6. The second-order valence-corrected chi connectivity index (χ2v) is 8.55. The molecule has 2 aliphatic rings. The van der Waals surface area contributed by atoms with E-state index in [4.69, 9.17) is 20.7 Å².